The van der Waals surface area contributed by atoms with Gasteiger partial charge in [0.05, 0.1) is 0 Å². The maximum absolute atomic E-state index is 13.1. The lowest BCUT2D eigenvalue weighted by Gasteiger charge is -2.31. The summed E-state index contributed by atoms with van der Waals surface area (Å²) in [6, 6.07) is 0. The van der Waals surface area contributed by atoms with E-state index in [1.54, 1.807) is 0 Å². The van der Waals surface area contributed by atoms with Crippen LogP contribution in [0.15, 0.2) is 0 Å². The molecular formula is C13H27F3O2Si. The Morgan fingerprint density at radius 1 is 0.947 bits per heavy atom. The molecule has 0 bridgehead atoms. The van der Waals surface area contributed by atoms with Gasteiger partial charge >= 0.3 is 9.28 Å². The van der Waals surface area contributed by atoms with Gasteiger partial charge in [0.2, 0.25) is 0 Å². The first-order valence-electron chi connectivity index (χ1n) is 7.00. The van der Waals surface area contributed by atoms with Gasteiger partial charge in [-0.25, -0.2) is 13.2 Å². The minimum absolute atomic E-state index is 0.103. The van der Waals surface area contributed by atoms with Crippen molar-refractivity contribution < 1.29 is 22.0 Å². The van der Waals surface area contributed by atoms with Crippen LogP contribution < -0.4 is 0 Å². The van der Waals surface area contributed by atoms with Crippen LogP contribution in [0.1, 0.15) is 41.0 Å². The highest BCUT2D eigenvalue weighted by atomic mass is 28.3. The second-order valence-electron chi connectivity index (χ2n) is 5.06. The molecule has 0 radical (unpaired) electrons. The highest BCUT2D eigenvalue weighted by Crippen LogP contribution is 2.32. The van der Waals surface area contributed by atoms with Gasteiger partial charge in [-0.2, -0.15) is 0 Å². The second-order valence-corrected chi connectivity index (χ2v) is 7.52. The summed E-state index contributed by atoms with van der Waals surface area (Å²) in [4.78, 5) is 0. The Kier molecular flexibility index (Phi) is 9.73. The average molecular weight is 300 g/mol. The van der Waals surface area contributed by atoms with E-state index in [0.717, 1.165) is 0 Å². The van der Waals surface area contributed by atoms with Gasteiger partial charge in [0.1, 0.15) is 0 Å². The molecule has 4 unspecified atom stereocenters. The third-order valence-electron chi connectivity index (χ3n) is 3.69. The third kappa shape index (κ3) is 6.76. The molecule has 0 aliphatic heterocycles. The maximum atomic E-state index is 13.1. The summed E-state index contributed by atoms with van der Waals surface area (Å²) in [5.41, 5.74) is 0.166. The highest BCUT2D eigenvalue weighted by Gasteiger charge is 2.32. The fourth-order valence-electron chi connectivity index (χ4n) is 2.12. The molecule has 0 spiro atoms. The van der Waals surface area contributed by atoms with Crippen molar-refractivity contribution in [1.29, 1.82) is 0 Å². The molecule has 0 heterocycles. The van der Waals surface area contributed by atoms with Crippen molar-refractivity contribution in [3.63, 3.8) is 0 Å². The monoisotopic (exact) mass is 300 g/mol. The first-order chi connectivity index (χ1) is 8.84. The van der Waals surface area contributed by atoms with Crippen LogP contribution in [0.25, 0.3) is 0 Å². The molecule has 116 valence electrons. The summed E-state index contributed by atoms with van der Waals surface area (Å²) >= 11 is 0. The van der Waals surface area contributed by atoms with E-state index in [9.17, 15) is 13.2 Å². The lowest BCUT2D eigenvalue weighted by Crippen LogP contribution is -2.34. The van der Waals surface area contributed by atoms with Gasteiger partial charge in [-0.15, -0.1) is 0 Å². The number of hydrogen-bond donors (Lipinski definition) is 0. The summed E-state index contributed by atoms with van der Waals surface area (Å²) in [7, 11) is -1.82. The van der Waals surface area contributed by atoms with Crippen molar-refractivity contribution in [1.82, 2.24) is 0 Å². The van der Waals surface area contributed by atoms with Crippen molar-refractivity contribution in [2.24, 2.45) is 11.8 Å². The standard InChI is InChI=1S/C13H27F3O2Si/c1-6-17-19(18-7-2)11(5)10(4)9(3)8-12(14)13(15)16/h9-13,19H,6-8H2,1-5H3. The quantitative estimate of drug-likeness (QED) is 0.569. The largest absolute Gasteiger partial charge is 0.397 e. The van der Waals surface area contributed by atoms with Crippen LogP contribution in [0.4, 0.5) is 13.2 Å². The number of rotatable bonds is 10. The maximum Gasteiger partial charge on any atom is 0.324 e. The van der Waals surface area contributed by atoms with E-state index in [1.807, 2.05) is 34.6 Å². The van der Waals surface area contributed by atoms with Crippen LogP contribution in [0.2, 0.25) is 5.54 Å². The molecule has 0 rings (SSSR count). The normalized spacial score (nSPS) is 18.6. The average Bonchev–Trinajstić information content (AvgIpc) is 2.36. The van der Waals surface area contributed by atoms with Crippen LogP contribution >= 0.6 is 0 Å². The second kappa shape index (κ2) is 9.77. The number of alkyl halides is 3. The molecule has 0 saturated carbocycles. The van der Waals surface area contributed by atoms with E-state index < -0.39 is 21.9 Å². The molecule has 19 heavy (non-hydrogen) atoms. The van der Waals surface area contributed by atoms with E-state index in [4.69, 9.17) is 8.85 Å². The summed E-state index contributed by atoms with van der Waals surface area (Å²) in [6.07, 6.45) is -5.04. The predicted octanol–water partition coefficient (Wildman–Crippen LogP) is 3.94. The fraction of sp³-hybridized carbons (Fsp3) is 1.00. The van der Waals surface area contributed by atoms with Gasteiger partial charge in [-0.1, -0.05) is 20.8 Å². The minimum atomic E-state index is -2.89. The molecule has 0 fully saturated rings. The molecule has 2 nitrogen and oxygen atoms in total. The molecule has 0 amide bonds. The molecule has 4 atom stereocenters. The molecule has 0 saturated heterocycles. The minimum Gasteiger partial charge on any atom is -0.397 e. The topological polar surface area (TPSA) is 18.5 Å². The SMILES string of the molecule is CCO[SiH](OCC)C(C)C(C)C(C)CC(F)C(F)F. The van der Waals surface area contributed by atoms with Gasteiger partial charge in [-0.05, 0) is 37.6 Å². The number of halogens is 3. The molecule has 0 aromatic heterocycles. The smallest absolute Gasteiger partial charge is 0.324 e. The van der Waals surface area contributed by atoms with Crippen LogP contribution in [0.3, 0.4) is 0 Å². The molecule has 0 N–H and O–H groups in total. The Morgan fingerprint density at radius 3 is 1.79 bits per heavy atom. The molecule has 6 heteroatoms. The van der Waals surface area contributed by atoms with Crippen molar-refractivity contribution >= 4 is 9.28 Å². The van der Waals surface area contributed by atoms with Gasteiger partial charge in [0.25, 0.3) is 6.43 Å². The van der Waals surface area contributed by atoms with E-state index in [-0.39, 0.29) is 23.8 Å². The third-order valence-corrected chi connectivity index (χ3v) is 6.48. The van der Waals surface area contributed by atoms with Gasteiger partial charge in [0, 0.05) is 13.2 Å². The summed E-state index contributed by atoms with van der Waals surface area (Å²) in [6.45, 7) is 10.8. The van der Waals surface area contributed by atoms with Crippen LogP contribution in [0, 0.1) is 11.8 Å². The zero-order valence-electron chi connectivity index (χ0n) is 12.5. The Hall–Kier alpha value is -0.0731. The Bertz CT molecular complexity index is 226. The zero-order valence-corrected chi connectivity index (χ0v) is 13.7. The van der Waals surface area contributed by atoms with E-state index in [2.05, 4.69) is 0 Å². The van der Waals surface area contributed by atoms with Crippen molar-refractivity contribution in [3.8, 4) is 0 Å². The Balaban J connectivity index is 4.45. The van der Waals surface area contributed by atoms with Gasteiger partial charge < -0.3 is 8.85 Å². The van der Waals surface area contributed by atoms with Gasteiger partial charge in [-0.3, -0.25) is 0 Å². The lowest BCUT2D eigenvalue weighted by molar-refractivity contribution is 0.0320. The summed E-state index contributed by atoms with van der Waals surface area (Å²) < 4.78 is 48.9. The molecular weight excluding hydrogens is 273 g/mol. The van der Waals surface area contributed by atoms with Crippen LogP contribution in [-0.4, -0.2) is 35.1 Å². The molecule has 0 aromatic carbocycles. The van der Waals surface area contributed by atoms with Crippen LogP contribution in [0.5, 0.6) is 0 Å². The van der Waals surface area contributed by atoms with E-state index >= 15 is 0 Å². The lowest BCUT2D eigenvalue weighted by atomic mass is 9.89. The highest BCUT2D eigenvalue weighted by molar-refractivity contribution is 6.46. The first-order valence-corrected chi connectivity index (χ1v) is 8.61. The van der Waals surface area contributed by atoms with E-state index in [0.29, 0.717) is 13.2 Å². The van der Waals surface area contributed by atoms with Gasteiger partial charge in [0.15, 0.2) is 6.17 Å². The van der Waals surface area contributed by atoms with Crippen molar-refractivity contribution in [2.45, 2.75) is 59.2 Å². The predicted molar refractivity (Wildman–Crippen MR) is 73.7 cm³/mol. The van der Waals surface area contributed by atoms with E-state index in [1.165, 1.54) is 0 Å². The first kappa shape index (κ1) is 18.9. The summed E-state index contributed by atoms with van der Waals surface area (Å²) in [5.74, 6) is -0.0123. The Morgan fingerprint density at radius 2 is 1.42 bits per heavy atom. The zero-order chi connectivity index (χ0) is 15.0. The number of hydrogen-bond acceptors (Lipinski definition) is 2. The fourth-order valence-corrected chi connectivity index (χ4v) is 4.35. The Labute approximate surface area is 116 Å². The molecule has 0 aromatic rings. The van der Waals surface area contributed by atoms with Crippen molar-refractivity contribution in [3.05, 3.63) is 0 Å². The summed E-state index contributed by atoms with van der Waals surface area (Å²) in [5, 5.41) is 0. The van der Waals surface area contributed by atoms with Crippen molar-refractivity contribution in [2.75, 3.05) is 13.2 Å². The molecule has 0 aliphatic carbocycles. The molecule has 0 aliphatic rings. The van der Waals surface area contributed by atoms with Crippen LogP contribution in [-0.2, 0) is 8.85 Å².